The van der Waals surface area contributed by atoms with Crippen LogP contribution in [-0.4, -0.2) is 41.0 Å². The Bertz CT molecular complexity index is 144. The van der Waals surface area contributed by atoms with Crippen LogP contribution in [0, 0.1) is 0 Å². The first kappa shape index (κ1) is 9.92. The van der Waals surface area contributed by atoms with E-state index in [2.05, 4.69) is 5.32 Å². The van der Waals surface area contributed by atoms with Crippen LogP contribution >= 0.6 is 0 Å². The molecule has 1 fully saturated rings. The molecule has 1 aliphatic rings. The summed E-state index contributed by atoms with van der Waals surface area (Å²) in [6.45, 7) is 1.83. The van der Waals surface area contributed by atoms with Crippen molar-refractivity contribution in [3.05, 3.63) is 0 Å². The van der Waals surface area contributed by atoms with Gasteiger partial charge in [0.1, 0.15) is 0 Å². The summed E-state index contributed by atoms with van der Waals surface area (Å²) in [5.74, 6) is 0. The van der Waals surface area contributed by atoms with E-state index in [1.807, 2.05) is 0 Å². The average Bonchev–Trinajstić information content (AvgIpc) is 1.96. The molecule has 0 aromatic carbocycles. The quantitative estimate of drug-likeness (QED) is 0.432. The van der Waals surface area contributed by atoms with E-state index in [9.17, 15) is 5.11 Å². The van der Waals surface area contributed by atoms with Gasteiger partial charge in [-0.1, -0.05) is 0 Å². The van der Waals surface area contributed by atoms with Crippen LogP contribution in [-0.2, 0) is 0 Å². The van der Waals surface area contributed by atoms with Crippen molar-refractivity contribution in [2.45, 2.75) is 37.5 Å². The summed E-state index contributed by atoms with van der Waals surface area (Å²) >= 11 is 0. The summed E-state index contributed by atoms with van der Waals surface area (Å²) in [5.41, 5.74) is 4.59. The highest BCUT2D eigenvalue weighted by Gasteiger charge is 2.28. The Labute approximate surface area is 72.8 Å². The third-order valence-corrected chi connectivity index (χ3v) is 2.29. The fourth-order valence-corrected chi connectivity index (χ4v) is 1.25. The van der Waals surface area contributed by atoms with E-state index in [1.165, 1.54) is 0 Å². The maximum atomic E-state index is 9.41. The van der Waals surface area contributed by atoms with Gasteiger partial charge in [-0.15, -0.1) is 0 Å². The number of nitrogens with two attached hydrogens (primary N) is 1. The highest BCUT2D eigenvalue weighted by atomic mass is 16.3. The van der Waals surface area contributed by atoms with Gasteiger partial charge in [0.15, 0.2) is 0 Å². The van der Waals surface area contributed by atoms with Gasteiger partial charge in [0.25, 0.3) is 0 Å². The minimum absolute atomic E-state index is 0.210. The maximum Gasteiger partial charge on any atom is 0.0972 e. The Hall–Kier alpha value is -0.160. The molecule has 0 amide bonds. The van der Waals surface area contributed by atoms with Crippen LogP contribution < -0.4 is 11.1 Å². The highest BCUT2D eigenvalue weighted by molar-refractivity contribution is 4.89. The Morgan fingerprint density at radius 2 is 2.17 bits per heavy atom. The van der Waals surface area contributed by atoms with Crippen LogP contribution in [0.5, 0.6) is 0 Å². The average molecular weight is 174 g/mol. The molecule has 4 nitrogen and oxygen atoms in total. The van der Waals surface area contributed by atoms with Gasteiger partial charge in [-0.3, -0.25) is 0 Å². The molecule has 1 rings (SSSR count). The van der Waals surface area contributed by atoms with Crippen molar-refractivity contribution in [3.63, 3.8) is 0 Å². The van der Waals surface area contributed by atoms with Crippen molar-refractivity contribution in [1.29, 1.82) is 0 Å². The van der Waals surface area contributed by atoms with Crippen LogP contribution in [0.15, 0.2) is 0 Å². The largest absolute Gasteiger partial charge is 0.393 e. The first-order valence-electron chi connectivity index (χ1n) is 4.36. The number of rotatable bonds is 4. The molecular formula is C8H18N2O2. The molecule has 5 N–H and O–H groups in total. The molecule has 12 heavy (non-hydrogen) atoms. The molecule has 0 radical (unpaired) electrons. The Balaban J connectivity index is 2.10. The molecule has 0 aromatic heterocycles. The summed E-state index contributed by atoms with van der Waals surface area (Å²) < 4.78 is 0. The fraction of sp³-hybridized carbons (Fsp3) is 1.00. The van der Waals surface area contributed by atoms with Crippen LogP contribution in [0.25, 0.3) is 0 Å². The number of hydrogen-bond acceptors (Lipinski definition) is 4. The third-order valence-electron chi connectivity index (χ3n) is 2.29. The second kappa shape index (κ2) is 3.70. The standard InChI is InChI=1S/C8H18N2O2/c1-8(12,5-11)4-10-7-2-6(9)3-7/h6-7,10-12H,2-5,9H2,1H3. The molecular weight excluding hydrogens is 156 g/mol. The zero-order chi connectivity index (χ0) is 9.19. The fourth-order valence-electron chi connectivity index (χ4n) is 1.25. The van der Waals surface area contributed by atoms with Crippen molar-refractivity contribution < 1.29 is 10.2 Å². The van der Waals surface area contributed by atoms with E-state index < -0.39 is 5.60 Å². The smallest absolute Gasteiger partial charge is 0.0972 e. The first-order valence-corrected chi connectivity index (χ1v) is 4.36. The van der Waals surface area contributed by atoms with Gasteiger partial charge in [-0.2, -0.15) is 0 Å². The van der Waals surface area contributed by atoms with Gasteiger partial charge in [0.05, 0.1) is 12.2 Å². The van der Waals surface area contributed by atoms with E-state index >= 15 is 0 Å². The van der Waals surface area contributed by atoms with Crippen LogP contribution in [0.3, 0.4) is 0 Å². The van der Waals surface area contributed by atoms with Crippen molar-refractivity contribution in [2.75, 3.05) is 13.2 Å². The van der Waals surface area contributed by atoms with Gasteiger partial charge >= 0.3 is 0 Å². The lowest BCUT2D eigenvalue weighted by Crippen LogP contribution is -2.53. The molecule has 0 aliphatic heterocycles. The molecule has 1 unspecified atom stereocenters. The van der Waals surface area contributed by atoms with Crippen molar-refractivity contribution in [3.8, 4) is 0 Å². The molecule has 72 valence electrons. The molecule has 0 aromatic rings. The second-order valence-corrected chi connectivity index (χ2v) is 3.96. The summed E-state index contributed by atoms with van der Waals surface area (Å²) in [4.78, 5) is 0. The van der Waals surface area contributed by atoms with E-state index in [-0.39, 0.29) is 6.61 Å². The van der Waals surface area contributed by atoms with Crippen LogP contribution in [0.2, 0.25) is 0 Å². The van der Waals surface area contributed by atoms with Gasteiger partial charge in [0, 0.05) is 18.6 Å². The molecule has 1 atom stereocenters. The summed E-state index contributed by atoms with van der Waals surface area (Å²) in [7, 11) is 0. The zero-order valence-electron chi connectivity index (χ0n) is 7.45. The van der Waals surface area contributed by atoms with Gasteiger partial charge in [0.2, 0.25) is 0 Å². The SMILES string of the molecule is CC(O)(CO)CNC1CC(N)C1. The van der Waals surface area contributed by atoms with Crippen molar-refractivity contribution in [1.82, 2.24) is 5.32 Å². The summed E-state index contributed by atoms with van der Waals surface area (Å²) in [6.07, 6.45) is 1.95. The van der Waals surface area contributed by atoms with Gasteiger partial charge in [-0.05, 0) is 19.8 Å². The van der Waals surface area contributed by atoms with Gasteiger partial charge in [-0.25, -0.2) is 0 Å². The third kappa shape index (κ3) is 2.71. The van der Waals surface area contributed by atoms with E-state index in [0.717, 1.165) is 12.8 Å². The second-order valence-electron chi connectivity index (χ2n) is 3.96. The number of hydrogen-bond donors (Lipinski definition) is 4. The molecule has 1 aliphatic carbocycles. The number of aliphatic hydroxyl groups excluding tert-OH is 1. The lowest BCUT2D eigenvalue weighted by Gasteiger charge is -2.35. The van der Waals surface area contributed by atoms with E-state index in [0.29, 0.717) is 18.6 Å². The molecule has 0 saturated heterocycles. The monoisotopic (exact) mass is 174 g/mol. The Morgan fingerprint density at radius 1 is 1.58 bits per heavy atom. The van der Waals surface area contributed by atoms with E-state index in [1.54, 1.807) is 6.92 Å². The Kier molecular flexibility index (Phi) is 3.06. The lowest BCUT2D eigenvalue weighted by atomic mass is 9.87. The van der Waals surface area contributed by atoms with E-state index in [4.69, 9.17) is 10.8 Å². The normalized spacial score (nSPS) is 34.0. The highest BCUT2D eigenvalue weighted by Crippen LogP contribution is 2.17. The topological polar surface area (TPSA) is 78.5 Å². The molecule has 4 heteroatoms. The zero-order valence-corrected chi connectivity index (χ0v) is 7.45. The molecule has 0 bridgehead atoms. The molecule has 0 heterocycles. The summed E-state index contributed by atoms with van der Waals surface area (Å²) in [5, 5.41) is 21.3. The predicted octanol–water partition coefficient (Wildman–Crippen LogP) is -1.19. The van der Waals surface area contributed by atoms with Crippen LogP contribution in [0.1, 0.15) is 19.8 Å². The minimum atomic E-state index is -1.00. The lowest BCUT2D eigenvalue weighted by molar-refractivity contribution is -0.00176. The minimum Gasteiger partial charge on any atom is -0.393 e. The first-order chi connectivity index (χ1) is 5.53. The molecule has 0 spiro atoms. The Morgan fingerprint density at radius 3 is 2.58 bits per heavy atom. The van der Waals surface area contributed by atoms with Crippen molar-refractivity contribution in [2.24, 2.45) is 5.73 Å². The van der Waals surface area contributed by atoms with Gasteiger partial charge < -0.3 is 21.3 Å². The van der Waals surface area contributed by atoms with Crippen LogP contribution in [0.4, 0.5) is 0 Å². The van der Waals surface area contributed by atoms with Crippen molar-refractivity contribution >= 4 is 0 Å². The molecule has 1 saturated carbocycles. The summed E-state index contributed by atoms with van der Waals surface area (Å²) in [6, 6.07) is 0.750. The number of aliphatic hydroxyl groups is 2. The number of nitrogens with one attached hydrogen (secondary N) is 1. The predicted molar refractivity (Wildman–Crippen MR) is 46.7 cm³/mol. The maximum absolute atomic E-state index is 9.41.